The summed E-state index contributed by atoms with van der Waals surface area (Å²) >= 11 is 1.66. The first-order chi connectivity index (χ1) is 9.24. The predicted octanol–water partition coefficient (Wildman–Crippen LogP) is 2.54. The highest BCUT2D eigenvalue weighted by atomic mass is 32.1. The Hall–Kier alpha value is -1.59. The molecule has 2 N–H and O–H groups in total. The van der Waals surface area contributed by atoms with Crippen molar-refractivity contribution in [2.75, 3.05) is 13.7 Å². The Balaban J connectivity index is 2.00. The molecule has 0 aliphatic rings. The molecule has 0 saturated heterocycles. The second-order valence-electron chi connectivity index (χ2n) is 4.14. The zero-order valence-corrected chi connectivity index (χ0v) is 12.0. The van der Waals surface area contributed by atoms with Crippen LogP contribution < -0.4 is 15.2 Å². The van der Waals surface area contributed by atoms with Gasteiger partial charge >= 0.3 is 0 Å². The summed E-state index contributed by atoms with van der Waals surface area (Å²) in [6.07, 6.45) is 0.859. The lowest BCUT2D eigenvalue weighted by Crippen LogP contribution is -2.06. The fourth-order valence-corrected chi connectivity index (χ4v) is 2.55. The van der Waals surface area contributed by atoms with Crippen molar-refractivity contribution in [1.82, 2.24) is 4.98 Å². The van der Waals surface area contributed by atoms with Crippen LogP contribution in [0.5, 0.6) is 11.5 Å². The fraction of sp³-hybridized carbons (Fsp3) is 0.357. The molecule has 2 aromatic rings. The first-order valence-corrected chi connectivity index (χ1v) is 7.01. The second-order valence-corrected chi connectivity index (χ2v) is 5.08. The van der Waals surface area contributed by atoms with E-state index in [2.05, 4.69) is 4.98 Å². The third-order valence-electron chi connectivity index (χ3n) is 2.93. The van der Waals surface area contributed by atoms with Crippen molar-refractivity contribution in [3.63, 3.8) is 0 Å². The van der Waals surface area contributed by atoms with Gasteiger partial charge in [-0.05, 0) is 13.0 Å². The summed E-state index contributed by atoms with van der Waals surface area (Å²) < 4.78 is 11.0. The van der Waals surface area contributed by atoms with Crippen LogP contribution in [0.4, 0.5) is 0 Å². The van der Waals surface area contributed by atoms with E-state index in [1.54, 1.807) is 18.4 Å². The summed E-state index contributed by atoms with van der Waals surface area (Å²) in [6, 6.07) is 5.70. The van der Waals surface area contributed by atoms with Gasteiger partial charge in [0.15, 0.2) is 0 Å². The highest BCUT2D eigenvalue weighted by Gasteiger charge is 2.06. The van der Waals surface area contributed by atoms with Gasteiger partial charge in [-0.25, -0.2) is 4.98 Å². The van der Waals surface area contributed by atoms with Crippen LogP contribution >= 0.6 is 11.3 Å². The molecule has 0 aliphatic heterocycles. The van der Waals surface area contributed by atoms with Gasteiger partial charge in [-0.15, -0.1) is 11.3 Å². The van der Waals surface area contributed by atoms with E-state index < -0.39 is 0 Å². The molecule has 4 nitrogen and oxygen atoms in total. The van der Waals surface area contributed by atoms with Crippen LogP contribution in [0.1, 0.15) is 16.1 Å². The number of rotatable bonds is 6. The van der Waals surface area contributed by atoms with E-state index in [0.29, 0.717) is 13.2 Å². The van der Waals surface area contributed by atoms with E-state index in [9.17, 15) is 0 Å². The van der Waals surface area contributed by atoms with Gasteiger partial charge in [-0.1, -0.05) is 6.07 Å². The van der Waals surface area contributed by atoms with E-state index in [0.717, 1.165) is 29.2 Å². The average molecular weight is 278 g/mol. The SMILES string of the molecule is COc1ccc(CN)c(OCCc2scnc2C)c1. The number of hydrogen-bond donors (Lipinski definition) is 1. The molecule has 0 saturated carbocycles. The highest BCUT2D eigenvalue weighted by molar-refractivity contribution is 7.09. The van der Waals surface area contributed by atoms with Crippen molar-refractivity contribution in [3.05, 3.63) is 39.8 Å². The number of benzene rings is 1. The Morgan fingerprint density at radius 1 is 1.37 bits per heavy atom. The van der Waals surface area contributed by atoms with Crippen LogP contribution in [-0.4, -0.2) is 18.7 Å². The number of methoxy groups -OCH3 is 1. The first-order valence-electron chi connectivity index (χ1n) is 6.13. The Morgan fingerprint density at radius 3 is 2.84 bits per heavy atom. The number of ether oxygens (including phenoxy) is 2. The van der Waals surface area contributed by atoms with Gasteiger partial charge in [0.1, 0.15) is 11.5 Å². The lowest BCUT2D eigenvalue weighted by atomic mass is 10.2. The Morgan fingerprint density at radius 2 is 2.21 bits per heavy atom. The minimum absolute atomic E-state index is 0.457. The minimum Gasteiger partial charge on any atom is -0.497 e. The molecule has 102 valence electrons. The second kappa shape index (κ2) is 6.54. The topological polar surface area (TPSA) is 57.4 Å². The summed E-state index contributed by atoms with van der Waals surface area (Å²) in [7, 11) is 1.64. The molecule has 1 aromatic heterocycles. The van der Waals surface area contributed by atoms with Crippen molar-refractivity contribution in [1.29, 1.82) is 0 Å². The van der Waals surface area contributed by atoms with E-state index in [-0.39, 0.29) is 0 Å². The normalized spacial score (nSPS) is 10.5. The van der Waals surface area contributed by atoms with E-state index in [1.807, 2.05) is 30.6 Å². The van der Waals surface area contributed by atoms with Crippen LogP contribution in [0, 0.1) is 6.92 Å². The van der Waals surface area contributed by atoms with Gasteiger partial charge in [-0.2, -0.15) is 0 Å². The van der Waals surface area contributed by atoms with E-state index >= 15 is 0 Å². The summed E-state index contributed by atoms with van der Waals surface area (Å²) in [6.45, 7) is 3.09. The zero-order chi connectivity index (χ0) is 13.7. The molecule has 0 amide bonds. The number of nitrogens with zero attached hydrogens (tertiary/aromatic N) is 1. The van der Waals surface area contributed by atoms with Crippen LogP contribution in [0.25, 0.3) is 0 Å². The molecule has 0 atom stereocenters. The Kier molecular flexibility index (Phi) is 4.76. The maximum Gasteiger partial charge on any atom is 0.127 e. The molecule has 5 heteroatoms. The molecule has 1 heterocycles. The minimum atomic E-state index is 0.457. The summed E-state index contributed by atoms with van der Waals surface area (Å²) in [5.41, 5.74) is 9.64. The number of nitrogens with two attached hydrogens (primary N) is 1. The van der Waals surface area contributed by atoms with Crippen molar-refractivity contribution >= 4 is 11.3 Å². The van der Waals surface area contributed by atoms with Crippen molar-refractivity contribution < 1.29 is 9.47 Å². The van der Waals surface area contributed by atoms with Gasteiger partial charge in [0.25, 0.3) is 0 Å². The van der Waals surface area contributed by atoms with Crippen LogP contribution in [0.3, 0.4) is 0 Å². The predicted molar refractivity (Wildman–Crippen MR) is 76.9 cm³/mol. The quantitative estimate of drug-likeness (QED) is 0.882. The third-order valence-corrected chi connectivity index (χ3v) is 3.92. The molecule has 19 heavy (non-hydrogen) atoms. The van der Waals surface area contributed by atoms with Crippen molar-refractivity contribution in [2.45, 2.75) is 19.9 Å². The van der Waals surface area contributed by atoms with Gasteiger partial charge < -0.3 is 15.2 Å². The maximum atomic E-state index is 5.82. The van der Waals surface area contributed by atoms with E-state index in [4.69, 9.17) is 15.2 Å². The lowest BCUT2D eigenvalue weighted by Gasteiger charge is -2.11. The molecule has 0 fully saturated rings. The molecule has 0 bridgehead atoms. The first kappa shape index (κ1) is 13.8. The van der Waals surface area contributed by atoms with Gasteiger partial charge in [0.2, 0.25) is 0 Å². The zero-order valence-electron chi connectivity index (χ0n) is 11.2. The number of hydrogen-bond acceptors (Lipinski definition) is 5. The molecule has 0 unspecified atom stereocenters. The van der Waals surface area contributed by atoms with Gasteiger partial charge in [0, 0.05) is 29.5 Å². The average Bonchev–Trinajstić information content (AvgIpc) is 2.84. The highest BCUT2D eigenvalue weighted by Crippen LogP contribution is 2.25. The fourth-order valence-electron chi connectivity index (χ4n) is 1.78. The van der Waals surface area contributed by atoms with Crippen LogP contribution in [0.2, 0.25) is 0 Å². The summed E-state index contributed by atoms with van der Waals surface area (Å²) in [5, 5.41) is 0. The van der Waals surface area contributed by atoms with Crippen molar-refractivity contribution in [3.8, 4) is 11.5 Å². The molecule has 0 spiro atoms. The van der Waals surface area contributed by atoms with Gasteiger partial charge in [0.05, 0.1) is 24.9 Å². The van der Waals surface area contributed by atoms with Gasteiger partial charge in [-0.3, -0.25) is 0 Å². The van der Waals surface area contributed by atoms with Crippen molar-refractivity contribution in [2.24, 2.45) is 5.73 Å². The largest absolute Gasteiger partial charge is 0.497 e. The summed E-state index contributed by atoms with van der Waals surface area (Å²) in [4.78, 5) is 5.49. The van der Waals surface area contributed by atoms with Crippen LogP contribution in [0.15, 0.2) is 23.7 Å². The molecule has 1 aromatic carbocycles. The number of aryl methyl sites for hydroxylation is 1. The van der Waals surface area contributed by atoms with E-state index in [1.165, 1.54) is 4.88 Å². The monoisotopic (exact) mass is 278 g/mol. The Bertz CT molecular complexity index is 540. The van der Waals surface area contributed by atoms with Crippen LogP contribution in [-0.2, 0) is 13.0 Å². The number of thiazole rings is 1. The molecule has 0 radical (unpaired) electrons. The molecule has 2 rings (SSSR count). The maximum absolute atomic E-state index is 5.82. The molecule has 0 aliphatic carbocycles. The molecular weight excluding hydrogens is 260 g/mol. The molecular formula is C14H18N2O2S. The third kappa shape index (κ3) is 3.45. The summed E-state index contributed by atoms with van der Waals surface area (Å²) in [5.74, 6) is 1.57. The smallest absolute Gasteiger partial charge is 0.127 e. The lowest BCUT2D eigenvalue weighted by molar-refractivity contribution is 0.316. The Labute approximate surface area is 117 Å². The standard InChI is InChI=1S/C14H18N2O2S/c1-10-14(19-9-16-10)5-6-18-13-7-12(17-2)4-3-11(13)8-15/h3-4,7,9H,5-6,8,15H2,1-2H3. The number of aromatic nitrogens is 1.